The Kier molecular flexibility index (Phi) is 3.11. The Morgan fingerprint density at radius 3 is 1.72 bits per heavy atom. The molecule has 0 saturated heterocycles. The molecule has 1 aliphatic heterocycles. The second-order valence-corrected chi connectivity index (χ2v) is 4.46. The first-order valence-electron chi connectivity index (χ1n) is 6.22. The van der Waals surface area contributed by atoms with E-state index in [4.69, 9.17) is 0 Å². The van der Waals surface area contributed by atoms with Gasteiger partial charge in [0.25, 0.3) is 0 Å². The Morgan fingerprint density at radius 1 is 0.667 bits per heavy atom. The summed E-state index contributed by atoms with van der Waals surface area (Å²) in [5, 5.41) is 5.84. The molecular formula is C16H16N2. The lowest BCUT2D eigenvalue weighted by Crippen LogP contribution is -1.99. The topological polar surface area (TPSA) is 27.8 Å². The van der Waals surface area contributed by atoms with Crippen LogP contribution in [0, 0.1) is 0 Å². The van der Waals surface area contributed by atoms with Crippen LogP contribution in [-0.4, -0.2) is 4.98 Å². The normalized spacial score (nSPS) is 12.9. The summed E-state index contributed by atoms with van der Waals surface area (Å²) < 4.78 is 0. The van der Waals surface area contributed by atoms with Crippen LogP contribution in [0.25, 0.3) is 10.8 Å². The molecule has 0 aliphatic carbocycles. The SMILES string of the molecule is c1ccc2c(c1)CNC2.c1ccc2c[nH]cc2c1. The molecule has 0 fully saturated rings. The molecule has 0 spiro atoms. The molecule has 0 saturated carbocycles. The molecule has 0 amide bonds. The zero-order chi connectivity index (χ0) is 12.2. The van der Waals surface area contributed by atoms with E-state index in [1.165, 1.54) is 21.9 Å². The molecule has 18 heavy (non-hydrogen) atoms. The summed E-state index contributed by atoms with van der Waals surface area (Å²) in [6.45, 7) is 2.10. The third-order valence-corrected chi connectivity index (χ3v) is 3.22. The average Bonchev–Trinajstić information content (AvgIpc) is 3.08. The quantitative estimate of drug-likeness (QED) is 0.614. The highest BCUT2D eigenvalue weighted by atomic mass is 14.9. The van der Waals surface area contributed by atoms with Crippen LogP contribution in [0.2, 0.25) is 0 Å². The highest BCUT2D eigenvalue weighted by Gasteiger charge is 2.06. The average molecular weight is 236 g/mol. The summed E-state index contributed by atoms with van der Waals surface area (Å²) in [6.07, 6.45) is 3.99. The summed E-state index contributed by atoms with van der Waals surface area (Å²) in [5.41, 5.74) is 2.91. The van der Waals surface area contributed by atoms with Gasteiger partial charge in [0.05, 0.1) is 0 Å². The Balaban J connectivity index is 0.000000111. The first-order chi connectivity index (χ1) is 8.93. The van der Waals surface area contributed by atoms with Crippen molar-refractivity contribution < 1.29 is 0 Å². The first kappa shape index (κ1) is 11.1. The van der Waals surface area contributed by atoms with E-state index in [0.717, 1.165) is 13.1 Å². The third-order valence-electron chi connectivity index (χ3n) is 3.22. The van der Waals surface area contributed by atoms with Crippen molar-refractivity contribution in [2.45, 2.75) is 13.1 Å². The number of hydrogen-bond donors (Lipinski definition) is 2. The molecule has 0 radical (unpaired) electrons. The molecule has 2 nitrogen and oxygen atoms in total. The fourth-order valence-corrected chi connectivity index (χ4v) is 2.23. The molecule has 4 rings (SSSR count). The Labute approximate surface area is 107 Å². The first-order valence-corrected chi connectivity index (χ1v) is 6.22. The number of hydrogen-bond acceptors (Lipinski definition) is 1. The standard InChI is InChI=1S/C8H9N.C8H7N/c2*1-2-4-8-6-9-5-7(8)3-1/h1-4,9H,5-6H2;1-6,9H. The maximum absolute atomic E-state index is 3.29. The number of benzene rings is 2. The van der Waals surface area contributed by atoms with Gasteiger partial charge in [-0.3, -0.25) is 0 Å². The van der Waals surface area contributed by atoms with E-state index in [2.05, 4.69) is 46.7 Å². The van der Waals surface area contributed by atoms with Crippen LogP contribution < -0.4 is 5.32 Å². The van der Waals surface area contributed by atoms with Crippen LogP contribution in [0.1, 0.15) is 11.1 Å². The summed E-state index contributed by atoms with van der Waals surface area (Å²) in [4.78, 5) is 3.04. The van der Waals surface area contributed by atoms with Gasteiger partial charge in [0, 0.05) is 25.5 Å². The van der Waals surface area contributed by atoms with Crippen molar-refractivity contribution in [2.75, 3.05) is 0 Å². The van der Waals surface area contributed by atoms with Crippen LogP contribution in [0.3, 0.4) is 0 Å². The molecule has 0 unspecified atom stereocenters. The number of rotatable bonds is 0. The van der Waals surface area contributed by atoms with Crippen molar-refractivity contribution in [1.29, 1.82) is 0 Å². The fraction of sp³-hybridized carbons (Fsp3) is 0.125. The van der Waals surface area contributed by atoms with E-state index < -0.39 is 0 Å². The monoisotopic (exact) mass is 236 g/mol. The van der Waals surface area contributed by atoms with Crippen molar-refractivity contribution in [2.24, 2.45) is 0 Å². The van der Waals surface area contributed by atoms with Gasteiger partial charge < -0.3 is 10.3 Å². The zero-order valence-electron chi connectivity index (χ0n) is 10.2. The number of fused-ring (bicyclic) bond motifs is 2. The Hall–Kier alpha value is -2.06. The third kappa shape index (κ3) is 2.29. The molecule has 3 aromatic rings. The van der Waals surface area contributed by atoms with Crippen LogP contribution >= 0.6 is 0 Å². The van der Waals surface area contributed by atoms with Gasteiger partial charge in [0.2, 0.25) is 0 Å². The van der Waals surface area contributed by atoms with Gasteiger partial charge in [-0.15, -0.1) is 0 Å². The number of aromatic nitrogens is 1. The molecular weight excluding hydrogens is 220 g/mol. The molecule has 2 N–H and O–H groups in total. The maximum atomic E-state index is 3.29. The Bertz CT molecular complexity index is 587. The summed E-state index contributed by atoms with van der Waals surface area (Å²) in [6, 6.07) is 16.8. The van der Waals surface area contributed by atoms with Crippen molar-refractivity contribution >= 4 is 10.8 Å². The van der Waals surface area contributed by atoms with E-state index in [-0.39, 0.29) is 0 Å². The minimum absolute atomic E-state index is 1.05. The highest BCUT2D eigenvalue weighted by Crippen LogP contribution is 2.13. The second-order valence-electron chi connectivity index (χ2n) is 4.46. The molecule has 90 valence electrons. The molecule has 0 bridgehead atoms. The zero-order valence-corrected chi connectivity index (χ0v) is 10.2. The van der Waals surface area contributed by atoms with Gasteiger partial charge in [-0.1, -0.05) is 48.5 Å². The molecule has 1 aromatic heterocycles. The summed E-state index contributed by atoms with van der Waals surface area (Å²) in [5.74, 6) is 0. The van der Waals surface area contributed by atoms with Gasteiger partial charge in [-0.2, -0.15) is 0 Å². The summed E-state index contributed by atoms with van der Waals surface area (Å²) in [7, 11) is 0. The summed E-state index contributed by atoms with van der Waals surface area (Å²) >= 11 is 0. The van der Waals surface area contributed by atoms with E-state index in [1.807, 2.05) is 24.5 Å². The van der Waals surface area contributed by atoms with E-state index in [0.29, 0.717) is 0 Å². The lowest BCUT2D eigenvalue weighted by Gasteiger charge is -1.91. The van der Waals surface area contributed by atoms with Crippen LogP contribution in [0.4, 0.5) is 0 Å². The minimum Gasteiger partial charge on any atom is -0.366 e. The van der Waals surface area contributed by atoms with Crippen LogP contribution in [0.15, 0.2) is 60.9 Å². The lowest BCUT2D eigenvalue weighted by atomic mass is 10.1. The van der Waals surface area contributed by atoms with Crippen molar-refractivity contribution in [3.05, 3.63) is 72.1 Å². The largest absolute Gasteiger partial charge is 0.366 e. The van der Waals surface area contributed by atoms with E-state index in [1.54, 1.807) is 0 Å². The number of aromatic amines is 1. The van der Waals surface area contributed by atoms with Crippen molar-refractivity contribution in [1.82, 2.24) is 10.3 Å². The van der Waals surface area contributed by atoms with E-state index >= 15 is 0 Å². The highest BCUT2D eigenvalue weighted by molar-refractivity contribution is 5.81. The number of H-pyrrole nitrogens is 1. The van der Waals surface area contributed by atoms with Crippen LogP contribution in [-0.2, 0) is 13.1 Å². The van der Waals surface area contributed by atoms with Gasteiger partial charge >= 0.3 is 0 Å². The van der Waals surface area contributed by atoms with Gasteiger partial charge in [0.1, 0.15) is 0 Å². The Morgan fingerprint density at radius 2 is 1.17 bits per heavy atom. The number of nitrogens with one attached hydrogen (secondary N) is 2. The maximum Gasteiger partial charge on any atom is 0.0211 e. The second kappa shape index (κ2) is 5.07. The van der Waals surface area contributed by atoms with Crippen LogP contribution in [0.5, 0.6) is 0 Å². The van der Waals surface area contributed by atoms with E-state index in [9.17, 15) is 0 Å². The van der Waals surface area contributed by atoms with Gasteiger partial charge in [-0.05, 0) is 21.9 Å². The molecule has 0 atom stereocenters. The smallest absolute Gasteiger partial charge is 0.0211 e. The lowest BCUT2D eigenvalue weighted by molar-refractivity contribution is 0.765. The minimum atomic E-state index is 1.05. The predicted molar refractivity (Wildman–Crippen MR) is 75.3 cm³/mol. The van der Waals surface area contributed by atoms with Gasteiger partial charge in [-0.25, -0.2) is 0 Å². The predicted octanol–water partition coefficient (Wildman–Crippen LogP) is 3.46. The molecule has 2 heterocycles. The molecule has 1 aliphatic rings. The van der Waals surface area contributed by atoms with Crippen molar-refractivity contribution in [3.63, 3.8) is 0 Å². The molecule has 2 heteroatoms. The van der Waals surface area contributed by atoms with Gasteiger partial charge in [0.15, 0.2) is 0 Å². The van der Waals surface area contributed by atoms with Crippen molar-refractivity contribution in [3.8, 4) is 0 Å². The fourth-order valence-electron chi connectivity index (χ4n) is 2.23. The molecule has 2 aromatic carbocycles.